The molecule has 7 heteroatoms. The van der Waals surface area contributed by atoms with E-state index < -0.39 is 0 Å². The minimum Gasteiger partial charge on any atom is -0.398 e. The second-order valence-corrected chi connectivity index (χ2v) is 9.40. The highest BCUT2D eigenvalue weighted by Crippen LogP contribution is 2.24. The second kappa shape index (κ2) is 12.6. The van der Waals surface area contributed by atoms with Gasteiger partial charge in [0.1, 0.15) is 0 Å². The second-order valence-electron chi connectivity index (χ2n) is 8.52. The van der Waals surface area contributed by atoms with Crippen LogP contribution in [0.25, 0.3) is 0 Å². The number of hydrogen-bond acceptors (Lipinski definition) is 5. The van der Waals surface area contributed by atoms with Crippen molar-refractivity contribution in [2.75, 3.05) is 27.2 Å². The number of nitrogen functional groups attached to an aromatic ring is 1. The Balaban J connectivity index is 1.41. The van der Waals surface area contributed by atoms with Crippen molar-refractivity contribution in [2.45, 2.75) is 24.7 Å². The predicted molar refractivity (Wildman–Crippen MR) is 154 cm³/mol. The predicted octanol–water partition coefficient (Wildman–Crippen LogP) is 6.63. The van der Waals surface area contributed by atoms with Gasteiger partial charge in [0.25, 0.3) is 5.91 Å². The molecule has 0 saturated carbocycles. The number of amides is 2. The van der Waals surface area contributed by atoms with E-state index in [2.05, 4.69) is 10.0 Å². The van der Waals surface area contributed by atoms with E-state index in [0.717, 1.165) is 22.6 Å². The third kappa shape index (κ3) is 7.15. The van der Waals surface area contributed by atoms with Gasteiger partial charge in [0.05, 0.1) is 6.42 Å². The molecule has 0 aliphatic rings. The number of carbonyl (C=O) groups is 2. The lowest BCUT2D eigenvalue weighted by Crippen LogP contribution is -2.33. The van der Waals surface area contributed by atoms with Gasteiger partial charge in [-0.1, -0.05) is 49.4 Å². The zero-order valence-corrected chi connectivity index (χ0v) is 21.5. The first kappa shape index (κ1) is 25.9. The maximum Gasteiger partial charge on any atom is 0.255 e. The molecule has 0 saturated heterocycles. The molecule has 4 N–H and O–H groups in total. The van der Waals surface area contributed by atoms with E-state index in [1.54, 1.807) is 29.2 Å². The largest absolute Gasteiger partial charge is 0.398 e. The van der Waals surface area contributed by atoms with Gasteiger partial charge in [0.15, 0.2) is 0 Å². The first-order valence-corrected chi connectivity index (χ1v) is 13.0. The van der Waals surface area contributed by atoms with Gasteiger partial charge < -0.3 is 20.7 Å². The summed E-state index contributed by atoms with van der Waals surface area (Å²) in [6.07, 6.45) is 0.989. The van der Waals surface area contributed by atoms with Crippen molar-refractivity contribution in [1.29, 1.82) is 0 Å². The molecule has 4 rings (SSSR count). The van der Waals surface area contributed by atoms with Crippen LogP contribution < -0.4 is 20.7 Å². The van der Waals surface area contributed by atoms with Crippen LogP contribution in [0.2, 0.25) is 0 Å². The van der Waals surface area contributed by atoms with Crippen LogP contribution in [0.4, 0.5) is 22.7 Å². The number of rotatable bonds is 10. The molecule has 4 aromatic carbocycles. The molecule has 0 atom stereocenters. The zero-order chi connectivity index (χ0) is 26.0. The molecule has 0 aromatic heterocycles. The minimum absolute atomic E-state index is 0.0606. The Morgan fingerprint density at radius 2 is 1.57 bits per heavy atom. The summed E-state index contributed by atoms with van der Waals surface area (Å²) in [5, 5.41) is 2.95. The number of carbonyl (C=O) groups excluding carboxylic acids is 2. The Labute approximate surface area is 222 Å². The van der Waals surface area contributed by atoms with Crippen LogP contribution in [0, 0.1) is 0 Å². The van der Waals surface area contributed by atoms with Gasteiger partial charge in [0.2, 0.25) is 5.91 Å². The minimum atomic E-state index is -0.235. The van der Waals surface area contributed by atoms with Crippen LogP contribution in [0.5, 0.6) is 0 Å². The molecule has 6 nitrogen and oxygen atoms in total. The van der Waals surface area contributed by atoms with Crippen molar-refractivity contribution in [3.63, 3.8) is 0 Å². The maximum atomic E-state index is 13.2. The van der Waals surface area contributed by atoms with E-state index in [0.29, 0.717) is 29.2 Å². The fraction of sp³-hybridized carbons (Fsp3) is 0.133. The molecule has 0 radical (unpaired) electrons. The van der Waals surface area contributed by atoms with Crippen molar-refractivity contribution in [3.05, 3.63) is 114 Å². The van der Waals surface area contributed by atoms with Gasteiger partial charge in [-0.2, -0.15) is 0 Å². The number of benzene rings is 4. The fourth-order valence-electron chi connectivity index (χ4n) is 3.82. The highest BCUT2D eigenvalue weighted by atomic mass is 32.2. The topological polar surface area (TPSA) is 87.5 Å². The van der Waals surface area contributed by atoms with Crippen molar-refractivity contribution >= 4 is 46.5 Å². The Morgan fingerprint density at radius 3 is 2.30 bits per heavy atom. The first-order valence-electron chi connectivity index (χ1n) is 12.2. The van der Waals surface area contributed by atoms with Gasteiger partial charge in [-0.05, 0) is 84.6 Å². The molecule has 0 fully saturated rings. The summed E-state index contributed by atoms with van der Waals surface area (Å²) < 4.78 is 3.29. The van der Waals surface area contributed by atoms with Crippen LogP contribution in [0.3, 0.4) is 0 Å². The smallest absolute Gasteiger partial charge is 0.255 e. The lowest BCUT2D eigenvalue weighted by molar-refractivity contribution is -0.118. The molecular weight excluding hydrogens is 480 g/mol. The van der Waals surface area contributed by atoms with E-state index in [9.17, 15) is 9.59 Å². The number of nitrogens with one attached hydrogen (secondary N) is 2. The van der Waals surface area contributed by atoms with Crippen molar-refractivity contribution in [2.24, 2.45) is 0 Å². The highest BCUT2D eigenvalue weighted by molar-refractivity contribution is 8.00. The summed E-state index contributed by atoms with van der Waals surface area (Å²) in [5.41, 5.74) is 10.3. The van der Waals surface area contributed by atoms with E-state index in [1.807, 2.05) is 85.8 Å². The molecule has 0 unspecified atom stereocenters. The summed E-state index contributed by atoms with van der Waals surface area (Å²) in [5.74, 6) is -0.296. The Bertz CT molecular complexity index is 1340. The number of anilines is 4. The maximum absolute atomic E-state index is 13.2. The average molecular weight is 511 g/mol. The molecule has 0 aliphatic heterocycles. The SMILES string of the molecule is CCCN(C(=O)Cc1ccccc1N)c1cccc(C(=O)Nc2ccc(SNc3ccccc3)cc2)c1. The van der Waals surface area contributed by atoms with Crippen molar-refractivity contribution in [1.82, 2.24) is 0 Å². The Hall–Kier alpha value is -4.23. The summed E-state index contributed by atoms with van der Waals surface area (Å²) in [6.45, 7) is 2.57. The average Bonchev–Trinajstić information content (AvgIpc) is 2.93. The highest BCUT2D eigenvalue weighted by Gasteiger charge is 2.18. The quantitative estimate of drug-likeness (QED) is 0.165. The van der Waals surface area contributed by atoms with E-state index in [-0.39, 0.29) is 18.2 Å². The molecular formula is C30H30N4O2S. The third-order valence-electron chi connectivity index (χ3n) is 5.74. The summed E-state index contributed by atoms with van der Waals surface area (Å²) in [7, 11) is 0. The van der Waals surface area contributed by atoms with E-state index in [4.69, 9.17) is 5.73 Å². The van der Waals surface area contributed by atoms with Gasteiger partial charge >= 0.3 is 0 Å². The van der Waals surface area contributed by atoms with Crippen LogP contribution in [-0.2, 0) is 11.2 Å². The van der Waals surface area contributed by atoms with Crippen molar-refractivity contribution in [3.8, 4) is 0 Å². The number of nitrogens with two attached hydrogens (primary N) is 1. The van der Waals surface area contributed by atoms with Crippen LogP contribution in [-0.4, -0.2) is 18.4 Å². The Kier molecular flexibility index (Phi) is 8.84. The number of hydrogen-bond donors (Lipinski definition) is 3. The van der Waals surface area contributed by atoms with Gasteiger partial charge in [-0.3, -0.25) is 9.59 Å². The summed E-state index contributed by atoms with van der Waals surface area (Å²) >= 11 is 1.50. The molecule has 37 heavy (non-hydrogen) atoms. The lowest BCUT2D eigenvalue weighted by atomic mass is 10.1. The molecule has 2 amide bonds. The molecule has 0 bridgehead atoms. The van der Waals surface area contributed by atoms with Crippen LogP contribution in [0.15, 0.2) is 108 Å². The molecule has 0 spiro atoms. The molecule has 4 aromatic rings. The summed E-state index contributed by atoms with van der Waals surface area (Å²) in [4.78, 5) is 28.9. The zero-order valence-electron chi connectivity index (χ0n) is 20.7. The van der Waals surface area contributed by atoms with Crippen molar-refractivity contribution < 1.29 is 9.59 Å². The third-order valence-corrected chi connectivity index (χ3v) is 6.58. The molecule has 188 valence electrons. The number of para-hydroxylation sites is 2. The fourth-order valence-corrected chi connectivity index (χ4v) is 4.47. The van der Waals surface area contributed by atoms with Crippen LogP contribution >= 0.6 is 11.9 Å². The van der Waals surface area contributed by atoms with Gasteiger partial charge in [0, 0.05) is 39.8 Å². The van der Waals surface area contributed by atoms with Crippen LogP contribution in [0.1, 0.15) is 29.3 Å². The lowest BCUT2D eigenvalue weighted by Gasteiger charge is -2.23. The molecule has 0 heterocycles. The number of nitrogens with zero attached hydrogens (tertiary/aromatic N) is 1. The monoisotopic (exact) mass is 510 g/mol. The van der Waals surface area contributed by atoms with Gasteiger partial charge in [-0.15, -0.1) is 0 Å². The normalized spacial score (nSPS) is 10.5. The molecule has 0 aliphatic carbocycles. The first-order chi connectivity index (χ1) is 18.0. The standard InChI is InChI=1S/C30H30N4O2S/c1-2-19-34(29(35)21-22-9-6-7-14-28(22)31)26-13-8-10-23(20-26)30(36)32-24-15-17-27(18-16-24)37-33-25-11-4-3-5-12-25/h3-18,20,33H,2,19,21,31H2,1H3,(H,32,36). The Morgan fingerprint density at radius 1 is 0.838 bits per heavy atom. The van der Waals surface area contributed by atoms with Gasteiger partial charge in [-0.25, -0.2) is 0 Å². The van der Waals surface area contributed by atoms with E-state index in [1.165, 1.54) is 11.9 Å². The summed E-state index contributed by atoms with van der Waals surface area (Å²) in [6, 6.07) is 32.1. The van der Waals surface area contributed by atoms with E-state index >= 15 is 0 Å².